The Morgan fingerprint density at radius 2 is 1.90 bits per heavy atom. The van der Waals surface area contributed by atoms with Crippen LogP contribution in [-0.4, -0.2) is 14.4 Å². The smallest absolute Gasteiger partial charge is 0.261 e. The van der Waals surface area contributed by atoms with E-state index in [-0.39, 0.29) is 16.1 Å². The zero-order valence-electron chi connectivity index (χ0n) is 11.0. The summed E-state index contributed by atoms with van der Waals surface area (Å²) < 4.78 is 27.7. The summed E-state index contributed by atoms with van der Waals surface area (Å²) in [5, 5.41) is 10.8. The van der Waals surface area contributed by atoms with E-state index in [2.05, 4.69) is 20.7 Å². The van der Waals surface area contributed by atoms with Gasteiger partial charge in [0.05, 0.1) is 10.9 Å². The van der Waals surface area contributed by atoms with Crippen LogP contribution in [0.25, 0.3) is 0 Å². The van der Waals surface area contributed by atoms with Gasteiger partial charge in [0.1, 0.15) is 0 Å². The molecular formula is C14H11BrNO4S-. The number of hydrogen-bond donors (Lipinski definition) is 1. The van der Waals surface area contributed by atoms with Crippen LogP contribution in [0.5, 0.6) is 0 Å². The maximum Gasteiger partial charge on any atom is 0.261 e. The SMILES string of the molecule is Cc1cc(S(=O)(=O)Nc2cccc(C(=O)[O-])c2)ccc1Br. The van der Waals surface area contributed by atoms with Gasteiger partial charge in [-0.2, -0.15) is 0 Å². The number of hydrogen-bond acceptors (Lipinski definition) is 4. The Labute approximate surface area is 130 Å². The van der Waals surface area contributed by atoms with Crippen molar-refractivity contribution >= 4 is 37.6 Å². The van der Waals surface area contributed by atoms with Crippen LogP contribution >= 0.6 is 15.9 Å². The Kier molecular flexibility index (Phi) is 4.34. The van der Waals surface area contributed by atoms with E-state index in [0.717, 1.165) is 10.0 Å². The highest BCUT2D eigenvalue weighted by Crippen LogP contribution is 2.22. The lowest BCUT2D eigenvalue weighted by Crippen LogP contribution is -2.22. The van der Waals surface area contributed by atoms with E-state index in [1.165, 1.54) is 36.4 Å². The molecule has 0 aliphatic rings. The van der Waals surface area contributed by atoms with Gasteiger partial charge >= 0.3 is 0 Å². The number of carbonyl (C=O) groups is 1. The zero-order valence-corrected chi connectivity index (χ0v) is 13.4. The molecule has 110 valence electrons. The second-order valence-corrected chi connectivity index (χ2v) is 6.92. The lowest BCUT2D eigenvalue weighted by Gasteiger charge is -2.11. The van der Waals surface area contributed by atoms with Gasteiger partial charge in [-0.15, -0.1) is 0 Å². The Balaban J connectivity index is 2.35. The van der Waals surface area contributed by atoms with Crippen molar-refractivity contribution in [3.63, 3.8) is 0 Å². The first kappa shape index (κ1) is 15.5. The summed E-state index contributed by atoms with van der Waals surface area (Å²) >= 11 is 3.30. The van der Waals surface area contributed by atoms with Crippen LogP contribution < -0.4 is 9.83 Å². The predicted octanol–water partition coefficient (Wildman–Crippen LogP) is 1.92. The van der Waals surface area contributed by atoms with E-state index in [1.807, 2.05) is 0 Å². The summed E-state index contributed by atoms with van der Waals surface area (Å²) in [6.07, 6.45) is 0. The van der Waals surface area contributed by atoms with Gasteiger partial charge in [0, 0.05) is 10.2 Å². The van der Waals surface area contributed by atoms with Crippen LogP contribution in [-0.2, 0) is 10.0 Å². The first-order valence-electron chi connectivity index (χ1n) is 5.90. The average molecular weight is 369 g/mol. The number of carboxylic acids is 1. The predicted molar refractivity (Wildman–Crippen MR) is 80.5 cm³/mol. The Morgan fingerprint density at radius 3 is 2.52 bits per heavy atom. The molecule has 0 aliphatic carbocycles. The van der Waals surface area contributed by atoms with Gasteiger partial charge in [-0.25, -0.2) is 8.42 Å². The highest BCUT2D eigenvalue weighted by Gasteiger charge is 2.15. The van der Waals surface area contributed by atoms with Crippen LogP contribution in [0.4, 0.5) is 5.69 Å². The molecule has 1 N–H and O–H groups in total. The third-order valence-electron chi connectivity index (χ3n) is 2.79. The van der Waals surface area contributed by atoms with Gasteiger partial charge in [-0.05, 0) is 48.4 Å². The molecule has 0 unspecified atom stereocenters. The van der Waals surface area contributed by atoms with Crippen LogP contribution in [0.1, 0.15) is 15.9 Å². The molecule has 0 amide bonds. The van der Waals surface area contributed by atoms with E-state index in [9.17, 15) is 18.3 Å². The second-order valence-electron chi connectivity index (χ2n) is 4.38. The Hall–Kier alpha value is -1.86. The van der Waals surface area contributed by atoms with Crippen molar-refractivity contribution in [2.45, 2.75) is 11.8 Å². The first-order valence-corrected chi connectivity index (χ1v) is 8.17. The molecule has 0 aliphatic heterocycles. The topological polar surface area (TPSA) is 86.3 Å². The van der Waals surface area contributed by atoms with Crippen molar-refractivity contribution in [1.29, 1.82) is 0 Å². The van der Waals surface area contributed by atoms with Crippen molar-refractivity contribution in [1.82, 2.24) is 0 Å². The lowest BCUT2D eigenvalue weighted by molar-refractivity contribution is -0.255. The molecule has 0 saturated carbocycles. The summed E-state index contributed by atoms with van der Waals surface area (Å²) in [5.74, 6) is -1.37. The van der Waals surface area contributed by atoms with Crippen LogP contribution in [0.2, 0.25) is 0 Å². The van der Waals surface area contributed by atoms with Crippen LogP contribution in [0, 0.1) is 6.92 Å². The Bertz CT molecular complexity index is 802. The van der Waals surface area contributed by atoms with E-state index < -0.39 is 16.0 Å². The van der Waals surface area contributed by atoms with Gasteiger partial charge in [0.2, 0.25) is 0 Å². The third kappa shape index (κ3) is 3.62. The van der Waals surface area contributed by atoms with Crippen molar-refractivity contribution in [2.24, 2.45) is 0 Å². The number of carboxylic acid groups (broad SMARTS) is 1. The van der Waals surface area contributed by atoms with Crippen LogP contribution in [0.3, 0.4) is 0 Å². The van der Waals surface area contributed by atoms with Gasteiger partial charge in [0.15, 0.2) is 0 Å². The molecule has 5 nitrogen and oxygen atoms in total. The lowest BCUT2D eigenvalue weighted by atomic mass is 10.2. The second kappa shape index (κ2) is 5.87. The average Bonchev–Trinajstić information content (AvgIpc) is 2.41. The maximum absolute atomic E-state index is 12.3. The summed E-state index contributed by atoms with van der Waals surface area (Å²) in [5.41, 5.74) is 0.848. The molecule has 7 heteroatoms. The van der Waals surface area contributed by atoms with Crippen molar-refractivity contribution in [3.8, 4) is 0 Å². The number of carbonyl (C=O) groups excluding carboxylic acids is 1. The highest BCUT2D eigenvalue weighted by molar-refractivity contribution is 9.10. The molecule has 0 aromatic heterocycles. The molecular weight excluding hydrogens is 358 g/mol. The fourth-order valence-electron chi connectivity index (χ4n) is 1.71. The molecule has 0 radical (unpaired) electrons. The monoisotopic (exact) mass is 368 g/mol. The molecule has 21 heavy (non-hydrogen) atoms. The van der Waals surface area contributed by atoms with Gasteiger partial charge in [-0.3, -0.25) is 4.72 Å². The van der Waals surface area contributed by atoms with Gasteiger partial charge in [0.25, 0.3) is 10.0 Å². The summed E-state index contributed by atoms with van der Waals surface area (Å²) in [6.45, 7) is 1.78. The minimum absolute atomic E-state index is 0.0952. The van der Waals surface area contributed by atoms with E-state index in [4.69, 9.17) is 0 Å². The minimum Gasteiger partial charge on any atom is -0.545 e. The number of aryl methyl sites for hydroxylation is 1. The molecule has 0 spiro atoms. The number of aromatic carboxylic acids is 1. The van der Waals surface area contributed by atoms with Crippen LogP contribution in [0.15, 0.2) is 51.8 Å². The summed E-state index contributed by atoms with van der Waals surface area (Å²) in [6, 6.07) is 10.1. The maximum atomic E-state index is 12.3. The molecule has 2 aromatic rings. The van der Waals surface area contributed by atoms with Gasteiger partial charge in [-0.1, -0.05) is 28.1 Å². The number of halogens is 1. The number of nitrogens with one attached hydrogen (secondary N) is 1. The van der Waals surface area contributed by atoms with E-state index in [1.54, 1.807) is 13.0 Å². The zero-order chi connectivity index (χ0) is 15.6. The van der Waals surface area contributed by atoms with E-state index in [0.29, 0.717) is 0 Å². The number of rotatable bonds is 4. The molecule has 0 atom stereocenters. The number of sulfonamides is 1. The van der Waals surface area contributed by atoms with Gasteiger partial charge < -0.3 is 9.90 Å². The fourth-order valence-corrected chi connectivity index (χ4v) is 3.09. The number of anilines is 1. The van der Waals surface area contributed by atoms with Crippen molar-refractivity contribution < 1.29 is 18.3 Å². The first-order chi connectivity index (χ1) is 9.79. The Morgan fingerprint density at radius 1 is 1.19 bits per heavy atom. The normalized spacial score (nSPS) is 11.1. The van der Waals surface area contributed by atoms with E-state index >= 15 is 0 Å². The molecule has 0 heterocycles. The minimum atomic E-state index is -3.78. The summed E-state index contributed by atoms with van der Waals surface area (Å²) in [4.78, 5) is 10.9. The van der Waals surface area contributed by atoms with Crippen molar-refractivity contribution in [3.05, 3.63) is 58.1 Å². The fraction of sp³-hybridized carbons (Fsp3) is 0.0714. The molecule has 0 bridgehead atoms. The number of benzene rings is 2. The highest BCUT2D eigenvalue weighted by atomic mass is 79.9. The molecule has 0 saturated heterocycles. The quantitative estimate of drug-likeness (QED) is 0.892. The third-order valence-corrected chi connectivity index (χ3v) is 5.06. The molecule has 2 aromatic carbocycles. The molecule has 2 rings (SSSR count). The molecule has 0 fully saturated rings. The van der Waals surface area contributed by atoms with Crippen molar-refractivity contribution in [2.75, 3.05) is 4.72 Å². The largest absolute Gasteiger partial charge is 0.545 e. The standard InChI is InChI=1S/C14H12BrNO4S/c1-9-7-12(5-6-13(9)15)21(19,20)16-11-4-2-3-10(8-11)14(17)18/h2-8,16H,1H3,(H,17,18)/p-1. The summed E-state index contributed by atoms with van der Waals surface area (Å²) in [7, 11) is -3.78.